The van der Waals surface area contributed by atoms with Crippen LogP contribution >= 0.6 is 11.8 Å². The average molecular weight is 439 g/mol. The Bertz CT molecular complexity index is 1220. The summed E-state index contributed by atoms with van der Waals surface area (Å²) in [6.07, 6.45) is 1.32. The number of nitrogens with zero attached hydrogens (tertiary/aromatic N) is 3. The standard InChI is InChI=1S/C22H22N4O4S/c1-12-5-21(28)26-17(11-31-22(26)24-12)9-20(27)23-10-16-8-19(30-25-16)15-4-3-14-6-13(2)29-18(14)7-15/h3-5,7-8,13,17H,6,9-11H2,1-2H3,(H,23,27). The molecular formula is C22H22N4O4S. The van der Waals surface area contributed by atoms with Crippen LogP contribution in [-0.2, 0) is 17.8 Å². The number of hydrogen-bond donors (Lipinski definition) is 1. The van der Waals surface area contributed by atoms with Crippen molar-refractivity contribution in [1.82, 2.24) is 20.0 Å². The number of benzene rings is 1. The first-order valence-electron chi connectivity index (χ1n) is 10.2. The SMILES string of the molecule is Cc1cc(=O)n2c(n1)SCC2CC(=O)NCc1cc(-c2ccc3c(c2)OC(C)C3)on1. The summed E-state index contributed by atoms with van der Waals surface area (Å²) < 4.78 is 12.9. The van der Waals surface area contributed by atoms with E-state index in [0.717, 1.165) is 17.7 Å². The lowest BCUT2D eigenvalue weighted by Crippen LogP contribution is -2.30. The van der Waals surface area contributed by atoms with Crippen LogP contribution in [0.5, 0.6) is 5.75 Å². The number of carbonyl (C=O) groups excluding carboxylic acids is 1. The monoisotopic (exact) mass is 438 g/mol. The molecule has 0 fully saturated rings. The summed E-state index contributed by atoms with van der Waals surface area (Å²) in [6.45, 7) is 4.10. The van der Waals surface area contributed by atoms with Gasteiger partial charge in [0, 0.05) is 42.0 Å². The van der Waals surface area contributed by atoms with E-state index in [1.54, 1.807) is 11.5 Å². The molecule has 5 rings (SSSR count). The van der Waals surface area contributed by atoms with Crippen LogP contribution in [0.25, 0.3) is 11.3 Å². The van der Waals surface area contributed by atoms with Gasteiger partial charge in [-0.05, 0) is 25.5 Å². The molecular weight excluding hydrogens is 416 g/mol. The second kappa shape index (κ2) is 7.88. The van der Waals surface area contributed by atoms with Crippen molar-refractivity contribution in [2.45, 2.75) is 50.5 Å². The van der Waals surface area contributed by atoms with E-state index in [4.69, 9.17) is 9.26 Å². The molecule has 4 heterocycles. The van der Waals surface area contributed by atoms with Gasteiger partial charge in [-0.3, -0.25) is 14.2 Å². The Morgan fingerprint density at radius 2 is 2.19 bits per heavy atom. The number of ether oxygens (including phenoxy) is 1. The number of fused-ring (bicyclic) bond motifs is 2. The largest absolute Gasteiger partial charge is 0.490 e. The van der Waals surface area contributed by atoms with Crippen LogP contribution in [0.1, 0.15) is 36.3 Å². The van der Waals surface area contributed by atoms with Crippen LogP contribution in [0.3, 0.4) is 0 Å². The molecule has 3 aromatic rings. The molecule has 1 aromatic carbocycles. The topological polar surface area (TPSA) is 99.2 Å². The molecule has 0 bridgehead atoms. The molecule has 0 aliphatic carbocycles. The van der Waals surface area contributed by atoms with Gasteiger partial charge in [0.25, 0.3) is 5.56 Å². The maximum absolute atomic E-state index is 12.5. The van der Waals surface area contributed by atoms with Crippen molar-refractivity contribution in [3.05, 3.63) is 57.6 Å². The number of rotatable bonds is 5. The van der Waals surface area contributed by atoms with Crippen molar-refractivity contribution in [2.75, 3.05) is 5.75 Å². The van der Waals surface area contributed by atoms with Gasteiger partial charge in [0.15, 0.2) is 10.9 Å². The highest BCUT2D eigenvalue weighted by atomic mass is 32.2. The first kappa shape index (κ1) is 19.9. The Balaban J connectivity index is 1.21. The third kappa shape index (κ3) is 3.97. The van der Waals surface area contributed by atoms with Gasteiger partial charge in [0.05, 0.1) is 12.6 Å². The predicted molar refractivity (Wildman–Crippen MR) is 115 cm³/mol. The number of aryl methyl sites for hydroxylation is 1. The van der Waals surface area contributed by atoms with Crippen molar-refractivity contribution >= 4 is 17.7 Å². The fourth-order valence-electron chi connectivity index (χ4n) is 3.97. The fraction of sp³-hybridized carbons (Fsp3) is 0.364. The first-order chi connectivity index (χ1) is 15.0. The Labute approximate surface area is 183 Å². The van der Waals surface area contributed by atoms with Crippen molar-refractivity contribution in [3.63, 3.8) is 0 Å². The Kier molecular flexibility index (Phi) is 5.05. The molecule has 2 atom stereocenters. The number of amides is 1. The Morgan fingerprint density at radius 3 is 3.06 bits per heavy atom. The second-order valence-electron chi connectivity index (χ2n) is 7.97. The molecule has 0 spiro atoms. The molecule has 31 heavy (non-hydrogen) atoms. The molecule has 8 nitrogen and oxygen atoms in total. The van der Waals surface area contributed by atoms with Gasteiger partial charge >= 0.3 is 0 Å². The van der Waals surface area contributed by atoms with Gasteiger partial charge in [-0.25, -0.2) is 4.98 Å². The molecule has 1 amide bonds. The summed E-state index contributed by atoms with van der Waals surface area (Å²) in [5, 5.41) is 7.61. The van der Waals surface area contributed by atoms with E-state index in [9.17, 15) is 9.59 Å². The van der Waals surface area contributed by atoms with E-state index in [-0.39, 0.29) is 36.6 Å². The number of aromatic nitrogens is 3. The lowest BCUT2D eigenvalue weighted by molar-refractivity contribution is -0.121. The summed E-state index contributed by atoms with van der Waals surface area (Å²) in [7, 11) is 0. The maximum atomic E-state index is 12.5. The zero-order chi connectivity index (χ0) is 21.5. The summed E-state index contributed by atoms with van der Waals surface area (Å²) in [4.78, 5) is 29.1. The molecule has 9 heteroatoms. The van der Waals surface area contributed by atoms with Gasteiger partial charge < -0.3 is 14.6 Å². The fourth-order valence-corrected chi connectivity index (χ4v) is 5.17. The Morgan fingerprint density at radius 1 is 1.32 bits per heavy atom. The predicted octanol–water partition coefficient (Wildman–Crippen LogP) is 2.88. The van der Waals surface area contributed by atoms with Crippen LogP contribution < -0.4 is 15.6 Å². The molecule has 0 radical (unpaired) electrons. The first-order valence-corrected chi connectivity index (χ1v) is 11.2. The highest BCUT2D eigenvalue weighted by Gasteiger charge is 2.27. The average Bonchev–Trinajstić information content (AvgIpc) is 3.43. The zero-order valence-corrected chi connectivity index (χ0v) is 18.1. The van der Waals surface area contributed by atoms with E-state index in [1.165, 1.54) is 23.4 Å². The van der Waals surface area contributed by atoms with Gasteiger partial charge in [0.1, 0.15) is 17.5 Å². The van der Waals surface area contributed by atoms with E-state index >= 15 is 0 Å². The normalized spacial score (nSPS) is 19.0. The Hall–Kier alpha value is -3.07. The van der Waals surface area contributed by atoms with Crippen LogP contribution in [0, 0.1) is 6.92 Å². The van der Waals surface area contributed by atoms with Gasteiger partial charge in [-0.1, -0.05) is 29.1 Å². The van der Waals surface area contributed by atoms with E-state index in [0.29, 0.717) is 28.1 Å². The minimum absolute atomic E-state index is 0.112. The van der Waals surface area contributed by atoms with Crippen molar-refractivity contribution < 1.29 is 14.1 Å². The second-order valence-corrected chi connectivity index (χ2v) is 8.96. The quantitative estimate of drug-likeness (QED) is 0.612. The number of nitrogens with one attached hydrogen (secondary N) is 1. The third-order valence-electron chi connectivity index (χ3n) is 5.45. The van der Waals surface area contributed by atoms with Crippen LogP contribution in [0.4, 0.5) is 0 Å². The highest BCUT2D eigenvalue weighted by Crippen LogP contribution is 2.34. The third-order valence-corrected chi connectivity index (χ3v) is 6.55. The van der Waals surface area contributed by atoms with Gasteiger partial charge in [-0.2, -0.15) is 0 Å². The molecule has 2 aliphatic rings. The van der Waals surface area contributed by atoms with Crippen LogP contribution in [0.2, 0.25) is 0 Å². The lowest BCUT2D eigenvalue weighted by Gasteiger charge is -2.12. The van der Waals surface area contributed by atoms with Crippen LogP contribution in [-0.4, -0.2) is 32.5 Å². The van der Waals surface area contributed by atoms with E-state index in [1.807, 2.05) is 31.2 Å². The van der Waals surface area contributed by atoms with Crippen molar-refractivity contribution in [2.24, 2.45) is 0 Å². The molecule has 2 unspecified atom stereocenters. The summed E-state index contributed by atoms with van der Waals surface area (Å²) >= 11 is 1.50. The number of carbonyl (C=O) groups is 1. The maximum Gasteiger partial charge on any atom is 0.254 e. The van der Waals surface area contributed by atoms with Crippen molar-refractivity contribution in [1.29, 1.82) is 0 Å². The number of hydrogen-bond acceptors (Lipinski definition) is 7. The zero-order valence-electron chi connectivity index (χ0n) is 17.3. The molecule has 0 saturated carbocycles. The minimum atomic E-state index is -0.192. The molecule has 2 aromatic heterocycles. The van der Waals surface area contributed by atoms with E-state index in [2.05, 4.69) is 15.5 Å². The summed E-state index contributed by atoms with van der Waals surface area (Å²) in [5.74, 6) is 2.03. The lowest BCUT2D eigenvalue weighted by atomic mass is 10.1. The molecule has 160 valence electrons. The minimum Gasteiger partial charge on any atom is -0.490 e. The molecule has 2 aliphatic heterocycles. The van der Waals surface area contributed by atoms with Gasteiger partial charge in [0.2, 0.25) is 5.91 Å². The summed E-state index contributed by atoms with van der Waals surface area (Å²) in [6, 6.07) is 9.13. The van der Waals surface area contributed by atoms with Crippen molar-refractivity contribution in [3.8, 4) is 17.1 Å². The summed E-state index contributed by atoms with van der Waals surface area (Å²) in [5.41, 5.74) is 3.30. The highest BCUT2D eigenvalue weighted by molar-refractivity contribution is 7.99. The smallest absolute Gasteiger partial charge is 0.254 e. The van der Waals surface area contributed by atoms with E-state index < -0.39 is 0 Å². The molecule has 1 N–H and O–H groups in total. The molecule has 0 saturated heterocycles. The van der Waals surface area contributed by atoms with Gasteiger partial charge in [-0.15, -0.1) is 0 Å². The number of thioether (sulfide) groups is 1. The van der Waals surface area contributed by atoms with Crippen LogP contribution in [0.15, 0.2) is 44.8 Å².